The summed E-state index contributed by atoms with van der Waals surface area (Å²) in [7, 11) is 0. The maximum Gasteiger partial charge on any atom is 0.243 e. The van der Waals surface area contributed by atoms with Gasteiger partial charge in [0.1, 0.15) is 12.1 Å². The number of carbonyl (C=O) groups excluding carboxylic acids is 2. The summed E-state index contributed by atoms with van der Waals surface area (Å²) in [5.74, 6) is -0.00904. The van der Waals surface area contributed by atoms with Crippen LogP contribution in [0.5, 0.6) is 0 Å². The molecule has 0 aromatic heterocycles. The summed E-state index contributed by atoms with van der Waals surface area (Å²) < 4.78 is 0. The average molecular weight is 411 g/mol. The van der Waals surface area contributed by atoms with E-state index in [9.17, 15) is 14.9 Å². The fraction of sp³-hybridized carbons (Fsp3) is 0.625. The first-order chi connectivity index (χ1) is 14.2. The minimum atomic E-state index is -0.373. The smallest absolute Gasteiger partial charge is 0.243 e. The number of anilines is 1. The third-order valence-corrected chi connectivity index (χ3v) is 6.04. The van der Waals surface area contributed by atoms with Crippen LogP contribution in [-0.4, -0.2) is 41.9 Å². The molecule has 162 valence electrons. The number of hydrogen-bond acceptors (Lipinski definition) is 4. The molecule has 3 unspecified atom stereocenters. The number of nitrogens with zero attached hydrogens (tertiary/aromatic N) is 3. The summed E-state index contributed by atoms with van der Waals surface area (Å²) in [4.78, 5) is 29.5. The van der Waals surface area contributed by atoms with Crippen molar-refractivity contribution < 1.29 is 9.59 Å². The van der Waals surface area contributed by atoms with Gasteiger partial charge in [-0.1, -0.05) is 32.9 Å². The molecule has 6 nitrogen and oxygen atoms in total. The van der Waals surface area contributed by atoms with Crippen molar-refractivity contribution in [1.29, 1.82) is 5.26 Å². The Morgan fingerprint density at radius 2 is 1.83 bits per heavy atom. The molecule has 1 aromatic carbocycles. The lowest BCUT2D eigenvalue weighted by molar-refractivity contribution is -0.140. The summed E-state index contributed by atoms with van der Waals surface area (Å²) in [6, 6.07) is 9.90. The molecule has 3 rings (SSSR count). The fourth-order valence-electron chi connectivity index (χ4n) is 4.45. The van der Waals surface area contributed by atoms with Crippen molar-refractivity contribution in [1.82, 2.24) is 10.2 Å². The van der Waals surface area contributed by atoms with Crippen LogP contribution in [0, 0.1) is 16.7 Å². The first-order valence-corrected chi connectivity index (χ1v) is 11.1. The lowest BCUT2D eigenvalue weighted by Gasteiger charge is -2.28. The van der Waals surface area contributed by atoms with Gasteiger partial charge < -0.3 is 15.1 Å². The number of likely N-dealkylation sites (tertiary alicyclic amines) is 1. The molecule has 1 aromatic rings. The van der Waals surface area contributed by atoms with Crippen molar-refractivity contribution in [3.63, 3.8) is 0 Å². The predicted octanol–water partition coefficient (Wildman–Crippen LogP) is 3.78. The molecule has 2 heterocycles. The minimum absolute atomic E-state index is 0.0491. The zero-order valence-corrected chi connectivity index (χ0v) is 18.6. The Balaban J connectivity index is 1.61. The standard InChI is InChI=1S/C24H34N4O2/c1-17(18-9-11-19(12-10-18)27-13-5-7-20(27)16-25)26-23(30)21-8-6-14-28(21)22(29)15-24(2,3)4/h9-12,17,20-21H,5-8,13-15H2,1-4H3,(H,26,30). The predicted molar refractivity (Wildman–Crippen MR) is 118 cm³/mol. The Kier molecular flexibility index (Phi) is 6.70. The number of carbonyl (C=O) groups is 2. The molecule has 0 bridgehead atoms. The Bertz CT molecular complexity index is 806. The van der Waals surface area contributed by atoms with Crippen molar-refractivity contribution in [2.75, 3.05) is 18.0 Å². The molecule has 0 radical (unpaired) electrons. The first kappa shape index (κ1) is 22.1. The van der Waals surface area contributed by atoms with Crippen LogP contribution >= 0.6 is 0 Å². The third-order valence-electron chi connectivity index (χ3n) is 6.04. The van der Waals surface area contributed by atoms with Crippen molar-refractivity contribution in [2.45, 2.75) is 77.9 Å². The maximum atomic E-state index is 12.9. The minimum Gasteiger partial charge on any atom is -0.356 e. The van der Waals surface area contributed by atoms with Crippen LogP contribution in [0.1, 0.15) is 71.4 Å². The number of hydrogen-bond donors (Lipinski definition) is 1. The average Bonchev–Trinajstić information content (AvgIpc) is 3.36. The van der Waals surface area contributed by atoms with Gasteiger partial charge in [-0.05, 0) is 55.7 Å². The van der Waals surface area contributed by atoms with Gasteiger partial charge in [0.25, 0.3) is 0 Å². The molecule has 1 N–H and O–H groups in total. The molecular formula is C24H34N4O2. The molecule has 0 spiro atoms. The van der Waals surface area contributed by atoms with Crippen LogP contribution in [0.15, 0.2) is 24.3 Å². The van der Waals surface area contributed by atoms with Gasteiger partial charge in [-0.3, -0.25) is 9.59 Å². The van der Waals surface area contributed by atoms with E-state index in [0.29, 0.717) is 13.0 Å². The quantitative estimate of drug-likeness (QED) is 0.801. The topological polar surface area (TPSA) is 76.4 Å². The molecule has 30 heavy (non-hydrogen) atoms. The summed E-state index contributed by atoms with van der Waals surface area (Å²) in [6.07, 6.45) is 3.99. The van der Waals surface area contributed by atoms with Crippen LogP contribution < -0.4 is 10.2 Å². The van der Waals surface area contributed by atoms with E-state index in [1.165, 1.54) is 0 Å². The monoisotopic (exact) mass is 410 g/mol. The highest BCUT2D eigenvalue weighted by atomic mass is 16.2. The van der Waals surface area contributed by atoms with E-state index in [4.69, 9.17) is 0 Å². The van der Waals surface area contributed by atoms with Gasteiger partial charge in [0, 0.05) is 25.2 Å². The third kappa shape index (κ3) is 5.13. The van der Waals surface area contributed by atoms with Crippen LogP contribution in [-0.2, 0) is 9.59 Å². The number of rotatable bonds is 5. The zero-order chi connectivity index (χ0) is 21.9. The van der Waals surface area contributed by atoms with Crippen LogP contribution in [0.4, 0.5) is 5.69 Å². The van der Waals surface area contributed by atoms with Gasteiger partial charge in [-0.2, -0.15) is 5.26 Å². The maximum absolute atomic E-state index is 12.9. The Morgan fingerprint density at radius 3 is 2.47 bits per heavy atom. The number of benzene rings is 1. The molecule has 2 aliphatic heterocycles. The molecular weight excluding hydrogens is 376 g/mol. The Morgan fingerprint density at radius 1 is 1.17 bits per heavy atom. The van der Waals surface area contributed by atoms with Crippen LogP contribution in [0.2, 0.25) is 0 Å². The van der Waals surface area contributed by atoms with Gasteiger partial charge in [0.2, 0.25) is 11.8 Å². The van der Waals surface area contributed by atoms with Crippen molar-refractivity contribution >= 4 is 17.5 Å². The van der Waals surface area contributed by atoms with Gasteiger partial charge in [-0.15, -0.1) is 0 Å². The van der Waals surface area contributed by atoms with E-state index in [2.05, 4.69) is 16.3 Å². The first-order valence-electron chi connectivity index (χ1n) is 11.1. The van der Waals surface area contributed by atoms with Crippen molar-refractivity contribution in [3.8, 4) is 6.07 Å². The molecule has 2 amide bonds. The number of nitriles is 1. The normalized spacial score (nSPS) is 22.6. The highest BCUT2D eigenvalue weighted by Crippen LogP contribution is 2.28. The van der Waals surface area contributed by atoms with Gasteiger partial charge in [0.15, 0.2) is 0 Å². The number of nitrogens with one attached hydrogen (secondary N) is 1. The van der Waals surface area contributed by atoms with Gasteiger partial charge >= 0.3 is 0 Å². The lowest BCUT2D eigenvalue weighted by atomic mass is 9.91. The van der Waals surface area contributed by atoms with Gasteiger partial charge in [0.05, 0.1) is 12.1 Å². The molecule has 6 heteroatoms. The zero-order valence-electron chi connectivity index (χ0n) is 18.6. The Labute approximate surface area is 180 Å². The Hall–Kier alpha value is -2.55. The molecule has 2 aliphatic rings. The van der Waals surface area contributed by atoms with Crippen LogP contribution in [0.25, 0.3) is 0 Å². The molecule has 0 saturated carbocycles. The second kappa shape index (κ2) is 9.07. The van der Waals surface area contributed by atoms with Crippen molar-refractivity contribution in [2.24, 2.45) is 5.41 Å². The van der Waals surface area contributed by atoms with Crippen molar-refractivity contribution in [3.05, 3.63) is 29.8 Å². The van der Waals surface area contributed by atoms with Crippen LogP contribution in [0.3, 0.4) is 0 Å². The summed E-state index contributed by atoms with van der Waals surface area (Å²) in [5, 5.41) is 12.4. The highest BCUT2D eigenvalue weighted by Gasteiger charge is 2.35. The second-order valence-corrected chi connectivity index (χ2v) is 9.78. The van der Waals surface area contributed by atoms with E-state index < -0.39 is 0 Å². The number of amides is 2. The van der Waals surface area contributed by atoms with E-state index in [-0.39, 0.29) is 35.4 Å². The largest absolute Gasteiger partial charge is 0.356 e. The molecule has 3 atom stereocenters. The highest BCUT2D eigenvalue weighted by molar-refractivity contribution is 5.88. The summed E-state index contributed by atoms with van der Waals surface area (Å²) >= 11 is 0. The summed E-state index contributed by atoms with van der Waals surface area (Å²) in [6.45, 7) is 9.67. The van der Waals surface area contributed by atoms with Gasteiger partial charge in [-0.25, -0.2) is 0 Å². The van der Waals surface area contributed by atoms with E-state index in [1.54, 1.807) is 4.90 Å². The molecule has 2 saturated heterocycles. The summed E-state index contributed by atoms with van der Waals surface area (Å²) in [5.41, 5.74) is 1.98. The molecule has 0 aliphatic carbocycles. The lowest BCUT2D eigenvalue weighted by Crippen LogP contribution is -2.47. The second-order valence-electron chi connectivity index (χ2n) is 9.78. The van der Waals surface area contributed by atoms with E-state index in [1.807, 2.05) is 52.0 Å². The fourth-order valence-corrected chi connectivity index (χ4v) is 4.45. The van der Waals surface area contributed by atoms with E-state index >= 15 is 0 Å². The van der Waals surface area contributed by atoms with E-state index in [0.717, 1.165) is 43.5 Å². The molecule has 2 fully saturated rings. The SMILES string of the molecule is CC(NC(=O)C1CCCN1C(=O)CC(C)(C)C)c1ccc(N2CCCC2C#N)cc1.